The van der Waals surface area contributed by atoms with Crippen molar-refractivity contribution in [3.8, 4) is 0 Å². The van der Waals surface area contributed by atoms with Crippen LogP contribution in [0.15, 0.2) is 23.3 Å². The fourth-order valence-electron chi connectivity index (χ4n) is 1.45. The molecule has 0 spiro atoms. The van der Waals surface area contributed by atoms with E-state index in [2.05, 4.69) is 32.6 Å². The topological polar surface area (TPSA) is 72.0 Å². The van der Waals surface area contributed by atoms with Crippen molar-refractivity contribution in [2.75, 3.05) is 6.61 Å². The van der Waals surface area contributed by atoms with Gasteiger partial charge in [-0.2, -0.15) is 0 Å². The number of H-pyrrole nitrogens is 1. The molecular weight excluding hydrogens is 335 g/mol. The molecule has 0 radical (unpaired) electrons. The highest BCUT2D eigenvalue weighted by Gasteiger charge is 2.13. The summed E-state index contributed by atoms with van der Waals surface area (Å²) in [6.45, 7) is 1.93. The number of pyridine rings is 2. The summed E-state index contributed by atoms with van der Waals surface area (Å²) in [6, 6.07) is 1.50. The molecule has 0 unspecified atom stereocenters. The largest absolute Gasteiger partial charge is 0.462 e. The number of aromatic amines is 1. The monoisotopic (exact) mass is 344 g/mol. The molecule has 0 aromatic carbocycles. The molecule has 2 heterocycles. The molecule has 0 aliphatic rings. The average Bonchev–Trinajstić information content (AvgIpc) is 2.30. The Kier molecular flexibility index (Phi) is 3.41. The molecule has 0 aliphatic heterocycles. The fraction of sp³-hybridized carbons (Fsp3) is 0.182. The van der Waals surface area contributed by atoms with E-state index in [1.54, 1.807) is 19.3 Å². The minimum absolute atomic E-state index is 0.00292. The van der Waals surface area contributed by atoms with Crippen molar-refractivity contribution in [2.45, 2.75) is 6.92 Å². The van der Waals surface area contributed by atoms with Gasteiger partial charge < -0.3 is 9.72 Å². The number of carbonyl (C=O) groups excluding carboxylic acids is 1. The van der Waals surface area contributed by atoms with Crippen LogP contribution in [0.2, 0.25) is 0 Å². The van der Waals surface area contributed by atoms with E-state index < -0.39 is 11.5 Å². The summed E-state index contributed by atoms with van der Waals surface area (Å²) >= 11 is 2.07. The van der Waals surface area contributed by atoms with Gasteiger partial charge in [0.05, 0.1) is 15.7 Å². The zero-order valence-corrected chi connectivity index (χ0v) is 11.1. The second-order valence-corrected chi connectivity index (χ2v) is 4.48. The lowest BCUT2D eigenvalue weighted by Gasteiger charge is -2.03. The minimum Gasteiger partial charge on any atom is -0.462 e. The van der Waals surface area contributed by atoms with Gasteiger partial charge in [-0.05, 0) is 35.6 Å². The molecule has 0 saturated heterocycles. The summed E-state index contributed by atoms with van der Waals surface area (Å²) in [6.07, 6.45) is 3.24. The molecule has 1 N–H and O–H groups in total. The van der Waals surface area contributed by atoms with E-state index in [-0.39, 0.29) is 12.2 Å². The van der Waals surface area contributed by atoms with E-state index in [0.29, 0.717) is 10.9 Å². The first-order valence-electron chi connectivity index (χ1n) is 4.97. The number of hydrogen-bond acceptors (Lipinski definition) is 4. The molecule has 5 nitrogen and oxygen atoms in total. The smallest absolute Gasteiger partial charge is 0.343 e. The average molecular weight is 344 g/mol. The van der Waals surface area contributed by atoms with Gasteiger partial charge >= 0.3 is 5.97 Å². The second kappa shape index (κ2) is 4.82. The second-order valence-electron chi connectivity index (χ2n) is 3.32. The highest BCUT2D eigenvalue weighted by Crippen LogP contribution is 2.16. The Morgan fingerprint density at radius 3 is 3.00 bits per heavy atom. The molecule has 0 fully saturated rings. The third-order valence-corrected chi connectivity index (χ3v) is 3.03. The van der Waals surface area contributed by atoms with Gasteiger partial charge in [-0.3, -0.25) is 9.78 Å². The molecule has 0 amide bonds. The quantitative estimate of drug-likeness (QED) is 0.665. The predicted octanol–water partition coefficient (Wildman–Crippen LogP) is 1.70. The van der Waals surface area contributed by atoms with Crippen molar-refractivity contribution < 1.29 is 9.53 Å². The van der Waals surface area contributed by atoms with Gasteiger partial charge in [0.25, 0.3) is 5.56 Å². The summed E-state index contributed by atoms with van der Waals surface area (Å²) in [7, 11) is 0. The van der Waals surface area contributed by atoms with Gasteiger partial charge in [-0.25, -0.2) is 4.79 Å². The molecule has 2 aromatic heterocycles. The highest BCUT2D eigenvalue weighted by molar-refractivity contribution is 14.1. The molecule has 2 rings (SSSR count). The lowest BCUT2D eigenvalue weighted by molar-refractivity contribution is 0.0524. The van der Waals surface area contributed by atoms with Crippen LogP contribution in [-0.2, 0) is 4.74 Å². The fourth-order valence-corrected chi connectivity index (χ4v) is 2.06. The van der Waals surface area contributed by atoms with E-state index in [1.165, 1.54) is 6.07 Å². The Bertz CT molecular complexity index is 636. The first-order valence-corrected chi connectivity index (χ1v) is 6.05. The molecule has 6 heteroatoms. The van der Waals surface area contributed by atoms with Crippen molar-refractivity contribution >= 4 is 39.5 Å². The number of nitrogens with zero attached hydrogens (tertiary/aromatic N) is 1. The zero-order valence-electron chi connectivity index (χ0n) is 8.99. The van der Waals surface area contributed by atoms with Gasteiger partial charge in [0.2, 0.25) is 0 Å². The number of aromatic nitrogens is 2. The Hall–Kier alpha value is -1.44. The maximum absolute atomic E-state index is 11.7. The van der Waals surface area contributed by atoms with E-state index in [4.69, 9.17) is 4.74 Å². The van der Waals surface area contributed by atoms with Gasteiger partial charge in [-0.15, -0.1) is 0 Å². The number of nitrogens with one attached hydrogen (secondary N) is 1. The number of carbonyl (C=O) groups is 1. The van der Waals surface area contributed by atoms with Crippen LogP contribution in [0.25, 0.3) is 10.9 Å². The Labute approximate surface area is 110 Å². The first kappa shape index (κ1) is 12.0. The van der Waals surface area contributed by atoms with Crippen molar-refractivity contribution in [2.24, 2.45) is 0 Å². The molecule has 0 bridgehead atoms. The van der Waals surface area contributed by atoms with Gasteiger partial charge in [0.15, 0.2) is 0 Å². The molecule has 0 atom stereocenters. The highest BCUT2D eigenvalue weighted by atomic mass is 127. The van der Waals surface area contributed by atoms with Gasteiger partial charge in [0.1, 0.15) is 5.56 Å². The van der Waals surface area contributed by atoms with E-state index >= 15 is 0 Å². The van der Waals surface area contributed by atoms with E-state index in [1.807, 2.05) is 0 Å². The summed E-state index contributed by atoms with van der Waals surface area (Å²) in [5.74, 6) is -0.616. The van der Waals surface area contributed by atoms with Crippen molar-refractivity contribution in [3.05, 3.63) is 37.9 Å². The zero-order chi connectivity index (χ0) is 12.4. The van der Waals surface area contributed by atoms with Crippen LogP contribution in [0.5, 0.6) is 0 Å². The molecule has 2 aromatic rings. The number of ether oxygens (including phenoxy) is 1. The van der Waals surface area contributed by atoms with Crippen molar-refractivity contribution in [3.63, 3.8) is 0 Å². The summed E-state index contributed by atoms with van der Waals surface area (Å²) < 4.78 is 5.63. The maximum Gasteiger partial charge on any atom is 0.343 e. The lowest BCUT2D eigenvalue weighted by Crippen LogP contribution is -2.19. The Morgan fingerprint density at radius 1 is 1.53 bits per heavy atom. The van der Waals surface area contributed by atoms with E-state index in [9.17, 15) is 9.59 Å². The summed E-state index contributed by atoms with van der Waals surface area (Å²) in [4.78, 5) is 29.9. The predicted molar refractivity (Wildman–Crippen MR) is 71.0 cm³/mol. The maximum atomic E-state index is 11.7. The van der Waals surface area contributed by atoms with Crippen LogP contribution in [0.4, 0.5) is 0 Å². The van der Waals surface area contributed by atoms with Crippen LogP contribution in [-0.4, -0.2) is 22.5 Å². The minimum atomic E-state index is -0.616. The van der Waals surface area contributed by atoms with Crippen molar-refractivity contribution in [1.82, 2.24) is 9.97 Å². The Balaban J connectivity index is 2.64. The SMILES string of the molecule is CCOC(=O)c1cc2cncc(I)c2[nH]c1=O. The van der Waals surface area contributed by atoms with Crippen LogP contribution in [0.1, 0.15) is 17.3 Å². The number of halogens is 1. The molecule has 0 saturated carbocycles. The summed E-state index contributed by atoms with van der Waals surface area (Å²) in [5, 5.41) is 0.708. The van der Waals surface area contributed by atoms with Crippen LogP contribution < -0.4 is 5.56 Å². The number of fused-ring (bicyclic) bond motifs is 1. The molecule has 0 aliphatic carbocycles. The van der Waals surface area contributed by atoms with Crippen molar-refractivity contribution in [1.29, 1.82) is 0 Å². The third-order valence-electron chi connectivity index (χ3n) is 2.21. The number of rotatable bonds is 2. The molecule has 88 valence electrons. The van der Waals surface area contributed by atoms with Crippen LogP contribution in [0.3, 0.4) is 0 Å². The number of hydrogen-bond donors (Lipinski definition) is 1. The van der Waals surface area contributed by atoms with Crippen LogP contribution >= 0.6 is 22.6 Å². The molecular formula is C11H9IN2O3. The molecule has 17 heavy (non-hydrogen) atoms. The van der Waals surface area contributed by atoms with Crippen LogP contribution in [0, 0.1) is 3.57 Å². The standard InChI is InChI=1S/C11H9IN2O3/c1-2-17-11(16)7-3-6-4-13-5-8(12)9(6)14-10(7)15/h3-5H,2H2,1H3,(H,14,15). The van der Waals surface area contributed by atoms with Gasteiger partial charge in [0, 0.05) is 17.8 Å². The summed E-state index contributed by atoms with van der Waals surface area (Å²) in [5.41, 5.74) is 0.238. The Morgan fingerprint density at radius 2 is 2.29 bits per heavy atom. The third kappa shape index (κ3) is 2.31. The van der Waals surface area contributed by atoms with Gasteiger partial charge in [-0.1, -0.05) is 0 Å². The lowest BCUT2D eigenvalue weighted by atomic mass is 10.2. The number of esters is 1. The van der Waals surface area contributed by atoms with E-state index in [0.717, 1.165) is 3.57 Å². The first-order chi connectivity index (χ1) is 8.13. The normalized spacial score (nSPS) is 10.5.